The first kappa shape index (κ1) is 14.9. The molecule has 0 saturated carbocycles. The minimum atomic E-state index is -5.22. The van der Waals surface area contributed by atoms with Crippen LogP contribution in [0.5, 0.6) is 5.75 Å². The second-order valence-corrected chi connectivity index (χ2v) is 3.11. The fourth-order valence-electron chi connectivity index (χ4n) is 1.21. The molecule has 0 aliphatic carbocycles. The SMILES string of the molecule is COC(=O)c1[nH]cc(OC(F)(F)F)c(=O)c1C(F)F. The minimum absolute atomic E-state index is 0.355. The van der Waals surface area contributed by atoms with E-state index in [9.17, 15) is 31.5 Å². The highest BCUT2D eigenvalue weighted by atomic mass is 19.4. The van der Waals surface area contributed by atoms with Crippen LogP contribution in [0.25, 0.3) is 0 Å². The number of aromatic amines is 1. The summed E-state index contributed by atoms with van der Waals surface area (Å²) in [6.45, 7) is 0. The van der Waals surface area contributed by atoms with Gasteiger partial charge in [0.05, 0.1) is 12.7 Å². The number of rotatable bonds is 3. The van der Waals surface area contributed by atoms with E-state index in [1.54, 1.807) is 0 Å². The average molecular weight is 287 g/mol. The van der Waals surface area contributed by atoms with E-state index in [-0.39, 0.29) is 0 Å². The first-order valence-corrected chi connectivity index (χ1v) is 4.55. The van der Waals surface area contributed by atoms with Crippen molar-refractivity contribution in [3.8, 4) is 5.75 Å². The number of nitrogens with one attached hydrogen (secondary N) is 1. The number of carbonyl (C=O) groups is 1. The highest BCUT2D eigenvalue weighted by molar-refractivity contribution is 5.89. The van der Waals surface area contributed by atoms with Gasteiger partial charge in [0, 0.05) is 6.20 Å². The molecule has 0 unspecified atom stereocenters. The van der Waals surface area contributed by atoms with Crippen LogP contribution in [0.15, 0.2) is 11.0 Å². The Bertz CT molecular complexity index is 536. The lowest BCUT2D eigenvalue weighted by atomic mass is 10.2. The quantitative estimate of drug-likeness (QED) is 0.682. The molecule has 5 nitrogen and oxygen atoms in total. The predicted octanol–water partition coefficient (Wildman–Crippen LogP) is 2.00. The molecule has 0 bridgehead atoms. The number of hydrogen-bond donors (Lipinski definition) is 1. The molecule has 0 spiro atoms. The largest absolute Gasteiger partial charge is 0.573 e. The summed E-state index contributed by atoms with van der Waals surface area (Å²) < 4.78 is 68.4. The third-order valence-electron chi connectivity index (χ3n) is 1.92. The Morgan fingerprint density at radius 3 is 2.37 bits per heavy atom. The zero-order valence-corrected chi connectivity index (χ0v) is 9.18. The van der Waals surface area contributed by atoms with Crippen molar-refractivity contribution in [1.29, 1.82) is 0 Å². The van der Waals surface area contributed by atoms with E-state index in [1.165, 1.54) is 0 Å². The number of hydrogen-bond acceptors (Lipinski definition) is 4. The number of alkyl halides is 5. The maximum Gasteiger partial charge on any atom is 0.573 e. The van der Waals surface area contributed by atoms with Crippen LogP contribution < -0.4 is 10.2 Å². The lowest BCUT2D eigenvalue weighted by molar-refractivity contribution is -0.275. The average Bonchev–Trinajstić information content (AvgIpc) is 2.28. The molecule has 1 heterocycles. The van der Waals surface area contributed by atoms with Gasteiger partial charge < -0.3 is 14.5 Å². The summed E-state index contributed by atoms with van der Waals surface area (Å²) in [6.07, 6.45) is -8.35. The molecule has 0 amide bonds. The Labute approximate surface area is 101 Å². The molecular weight excluding hydrogens is 281 g/mol. The predicted molar refractivity (Wildman–Crippen MR) is 50.0 cm³/mol. The molecule has 106 valence electrons. The van der Waals surface area contributed by atoms with Gasteiger partial charge in [-0.25, -0.2) is 13.6 Å². The first-order chi connectivity index (χ1) is 8.67. The summed E-state index contributed by atoms with van der Waals surface area (Å²) in [5.74, 6) is -2.71. The van der Waals surface area contributed by atoms with Crippen molar-refractivity contribution >= 4 is 5.97 Å². The summed E-state index contributed by atoms with van der Waals surface area (Å²) in [5.41, 5.74) is -4.13. The molecule has 0 fully saturated rings. The summed E-state index contributed by atoms with van der Waals surface area (Å²) in [7, 11) is 0.857. The molecule has 1 rings (SSSR count). The molecule has 10 heteroatoms. The van der Waals surface area contributed by atoms with Crippen molar-refractivity contribution in [1.82, 2.24) is 4.98 Å². The van der Waals surface area contributed by atoms with Gasteiger partial charge in [-0.05, 0) is 0 Å². The topological polar surface area (TPSA) is 68.4 Å². The highest BCUT2D eigenvalue weighted by Crippen LogP contribution is 2.24. The van der Waals surface area contributed by atoms with Gasteiger partial charge in [-0.2, -0.15) is 0 Å². The van der Waals surface area contributed by atoms with Crippen molar-refractivity contribution in [2.24, 2.45) is 0 Å². The second kappa shape index (κ2) is 5.24. The Hall–Kier alpha value is -2.13. The van der Waals surface area contributed by atoms with Crippen LogP contribution in [0.4, 0.5) is 22.0 Å². The van der Waals surface area contributed by atoms with Gasteiger partial charge in [-0.1, -0.05) is 0 Å². The number of esters is 1. The van der Waals surface area contributed by atoms with Crippen LogP contribution in [-0.4, -0.2) is 24.4 Å². The van der Waals surface area contributed by atoms with Crippen molar-refractivity contribution < 1.29 is 36.2 Å². The summed E-state index contributed by atoms with van der Waals surface area (Å²) in [5, 5.41) is 0. The summed E-state index contributed by atoms with van der Waals surface area (Å²) >= 11 is 0. The molecule has 0 atom stereocenters. The van der Waals surface area contributed by atoms with Gasteiger partial charge in [-0.3, -0.25) is 4.79 Å². The number of pyridine rings is 1. The van der Waals surface area contributed by atoms with Crippen LogP contribution in [0.3, 0.4) is 0 Å². The van der Waals surface area contributed by atoms with Gasteiger partial charge >= 0.3 is 12.3 Å². The number of halogens is 5. The van der Waals surface area contributed by atoms with Gasteiger partial charge in [0.15, 0.2) is 5.75 Å². The minimum Gasteiger partial charge on any atom is -0.464 e. The van der Waals surface area contributed by atoms with E-state index < -0.39 is 41.2 Å². The molecule has 0 aliphatic heterocycles. The van der Waals surface area contributed by atoms with Gasteiger partial charge in [0.1, 0.15) is 5.69 Å². The zero-order valence-electron chi connectivity index (χ0n) is 9.18. The van der Waals surface area contributed by atoms with E-state index in [4.69, 9.17) is 0 Å². The van der Waals surface area contributed by atoms with E-state index >= 15 is 0 Å². The Morgan fingerprint density at radius 1 is 1.37 bits per heavy atom. The van der Waals surface area contributed by atoms with Crippen LogP contribution in [0.2, 0.25) is 0 Å². The molecule has 0 saturated heterocycles. The number of methoxy groups -OCH3 is 1. The normalized spacial score (nSPS) is 11.5. The summed E-state index contributed by atoms with van der Waals surface area (Å²) in [6, 6.07) is 0. The molecule has 0 radical (unpaired) electrons. The smallest absolute Gasteiger partial charge is 0.464 e. The van der Waals surface area contributed by atoms with Crippen LogP contribution in [-0.2, 0) is 4.74 Å². The van der Waals surface area contributed by atoms with Crippen LogP contribution >= 0.6 is 0 Å². The molecule has 0 aromatic carbocycles. The number of ether oxygens (including phenoxy) is 2. The second-order valence-electron chi connectivity index (χ2n) is 3.11. The molecule has 1 aromatic heterocycles. The van der Waals surface area contributed by atoms with Gasteiger partial charge in [0.2, 0.25) is 5.43 Å². The molecular formula is C9H6F5NO4. The van der Waals surface area contributed by atoms with Crippen molar-refractivity contribution in [3.63, 3.8) is 0 Å². The van der Waals surface area contributed by atoms with Crippen LogP contribution in [0, 0.1) is 0 Å². The first-order valence-electron chi connectivity index (χ1n) is 4.55. The Kier molecular flexibility index (Phi) is 4.12. The fourth-order valence-corrected chi connectivity index (χ4v) is 1.21. The number of aromatic nitrogens is 1. The zero-order chi connectivity index (χ0) is 14.8. The number of carbonyl (C=O) groups excluding carboxylic acids is 1. The Morgan fingerprint density at radius 2 is 1.95 bits per heavy atom. The molecule has 1 aromatic rings. The van der Waals surface area contributed by atoms with Crippen molar-refractivity contribution in [2.75, 3.05) is 7.11 Å². The maximum absolute atomic E-state index is 12.6. The molecule has 19 heavy (non-hydrogen) atoms. The third-order valence-corrected chi connectivity index (χ3v) is 1.92. The van der Waals surface area contributed by atoms with Crippen LogP contribution in [0.1, 0.15) is 22.5 Å². The van der Waals surface area contributed by atoms with Gasteiger partial charge in [0.25, 0.3) is 6.43 Å². The third kappa shape index (κ3) is 3.42. The van der Waals surface area contributed by atoms with E-state index in [0.717, 1.165) is 7.11 Å². The monoisotopic (exact) mass is 287 g/mol. The lowest BCUT2D eigenvalue weighted by Gasteiger charge is -2.11. The molecule has 1 N–H and O–H groups in total. The number of H-pyrrole nitrogens is 1. The van der Waals surface area contributed by atoms with Crippen molar-refractivity contribution in [3.05, 3.63) is 27.7 Å². The highest BCUT2D eigenvalue weighted by Gasteiger charge is 2.34. The summed E-state index contributed by atoms with van der Waals surface area (Å²) in [4.78, 5) is 24.3. The standard InChI is InChI=1S/C9H6F5NO4/c1-18-8(17)5-4(7(10)11)6(16)3(2-15-5)19-9(12,13)14/h2,7H,1H3,(H,15,16). The van der Waals surface area contributed by atoms with Gasteiger partial charge in [-0.15, -0.1) is 13.2 Å². The van der Waals surface area contributed by atoms with Crippen molar-refractivity contribution in [2.45, 2.75) is 12.8 Å². The van der Waals surface area contributed by atoms with E-state index in [0.29, 0.717) is 6.20 Å². The maximum atomic E-state index is 12.6. The lowest BCUT2D eigenvalue weighted by Crippen LogP contribution is -2.26. The Balaban J connectivity index is 3.40. The molecule has 0 aliphatic rings. The fraction of sp³-hybridized carbons (Fsp3) is 0.333. The van der Waals surface area contributed by atoms with E-state index in [2.05, 4.69) is 9.47 Å². The van der Waals surface area contributed by atoms with E-state index in [1.807, 2.05) is 4.98 Å².